The van der Waals surface area contributed by atoms with Gasteiger partial charge in [0.25, 0.3) is 0 Å². The predicted octanol–water partition coefficient (Wildman–Crippen LogP) is 3.89. The van der Waals surface area contributed by atoms with Crippen LogP contribution in [0.25, 0.3) is 0 Å². The number of alkyl halides is 4. The summed E-state index contributed by atoms with van der Waals surface area (Å²) in [6, 6.07) is 0. The average molecular weight is 356 g/mol. The molecule has 0 unspecified atom stereocenters. The molecule has 9 heteroatoms. The first-order chi connectivity index (χ1) is 6.73. The highest BCUT2D eigenvalue weighted by atomic mass is 35.7. The lowest BCUT2D eigenvalue weighted by Gasteiger charge is -2.15. The Morgan fingerprint density at radius 1 is 0.933 bits per heavy atom. The van der Waals surface area contributed by atoms with Crippen molar-refractivity contribution in [3.05, 3.63) is 0 Å². The minimum absolute atomic E-state index is 0.469. The van der Waals surface area contributed by atoms with E-state index in [4.69, 9.17) is 57.6 Å². The molecule has 2 N–H and O–H groups in total. The normalized spacial score (nSPS) is 13.2. The third-order valence-electron chi connectivity index (χ3n) is 1.47. The van der Waals surface area contributed by atoms with Crippen LogP contribution < -0.4 is 0 Å². The lowest BCUT2D eigenvalue weighted by Crippen LogP contribution is -2.08. The Labute approximate surface area is 117 Å². The number of rotatable bonds is 6. The molecule has 0 rings (SSSR count). The fraction of sp³-hybridized carbons (Fsp3) is 1.00. The molecule has 0 aromatic carbocycles. The van der Waals surface area contributed by atoms with Gasteiger partial charge in [0.15, 0.2) is 0 Å². The van der Waals surface area contributed by atoms with Crippen molar-refractivity contribution in [3.63, 3.8) is 0 Å². The lowest BCUT2D eigenvalue weighted by atomic mass is 10.6. The van der Waals surface area contributed by atoms with E-state index in [1.807, 2.05) is 0 Å². The number of halogens is 5. The first-order valence-electron chi connectivity index (χ1n) is 4.02. The standard InChI is InChI=1S/C6H12Cl5O2PS/c7-5(8)1-3-15(14(11,12)13)4-2-6(9)10/h5-6,12-13H,1-4H2. The SMILES string of the molecule is OP(O)(Cl)=S(CCC(Cl)Cl)CCC(Cl)Cl. The number of hydrogen-bond acceptors (Lipinski definition) is 0. The average Bonchev–Trinajstić information content (AvgIpc) is 2.00. The summed E-state index contributed by atoms with van der Waals surface area (Å²) in [4.78, 5) is 17.7. The van der Waals surface area contributed by atoms with Gasteiger partial charge in [0.2, 0.25) is 5.84 Å². The Kier molecular flexibility index (Phi) is 9.47. The quantitative estimate of drug-likeness (QED) is 0.560. The summed E-state index contributed by atoms with van der Waals surface area (Å²) in [5.74, 6) is -2.42. The molecular weight excluding hydrogens is 344 g/mol. The maximum atomic E-state index is 9.38. The molecule has 0 aromatic heterocycles. The second-order valence-electron chi connectivity index (χ2n) is 2.70. The molecule has 94 valence electrons. The second kappa shape index (κ2) is 8.29. The van der Waals surface area contributed by atoms with E-state index in [0.29, 0.717) is 24.3 Å². The van der Waals surface area contributed by atoms with Crippen LogP contribution in [-0.2, 0) is 10.1 Å². The van der Waals surface area contributed by atoms with Crippen molar-refractivity contribution < 1.29 is 9.79 Å². The van der Waals surface area contributed by atoms with Gasteiger partial charge in [0.05, 0.1) is 0 Å². The van der Waals surface area contributed by atoms with Crippen LogP contribution in [0, 0.1) is 0 Å². The zero-order valence-corrected chi connectivity index (χ0v) is 13.1. The Balaban J connectivity index is 4.36. The maximum absolute atomic E-state index is 9.38. The molecule has 0 spiro atoms. The molecule has 15 heavy (non-hydrogen) atoms. The van der Waals surface area contributed by atoms with Crippen LogP contribution >= 0.6 is 63.5 Å². The third kappa shape index (κ3) is 9.82. The molecule has 0 aliphatic carbocycles. The molecule has 0 atom stereocenters. The highest BCUT2D eigenvalue weighted by Crippen LogP contribution is 2.48. The molecule has 0 amide bonds. The van der Waals surface area contributed by atoms with E-state index in [9.17, 15) is 9.79 Å². The van der Waals surface area contributed by atoms with Crippen LogP contribution in [0.5, 0.6) is 0 Å². The first kappa shape index (κ1) is 17.2. The molecule has 0 aliphatic rings. The summed E-state index contributed by atoms with van der Waals surface area (Å²) < 4.78 is 0. The van der Waals surface area contributed by atoms with Crippen molar-refractivity contribution in [2.45, 2.75) is 22.5 Å². The van der Waals surface area contributed by atoms with Gasteiger partial charge in [-0.2, -0.15) is 0 Å². The summed E-state index contributed by atoms with van der Waals surface area (Å²) in [5.41, 5.74) is 0. The number of hydrogen-bond donors (Lipinski definition) is 2. The van der Waals surface area contributed by atoms with Gasteiger partial charge in [-0.3, -0.25) is 0 Å². The van der Waals surface area contributed by atoms with Crippen LogP contribution in [0.2, 0.25) is 0 Å². The van der Waals surface area contributed by atoms with Crippen LogP contribution in [0.4, 0.5) is 0 Å². The van der Waals surface area contributed by atoms with Gasteiger partial charge in [-0.15, -0.1) is 56.5 Å². The zero-order valence-electron chi connectivity index (χ0n) is 7.62. The molecule has 0 aliphatic heterocycles. The second-order valence-corrected chi connectivity index (χ2v) is 13.0. The highest BCUT2D eigenvalue weighted by Gasteiger charge is 2.15. The minimum Gasteiger partial charge on any atom is -0.338 e. The smallest absolute Gasteiger partial charge is 0.235 e. The first-order valence-corrected chi connectivity index (χ1v) is 10.5. The van der Waals surface area contributed by atoms with Crippen molar-refractivity contribution in [2.24, 2.45) is 0 Å². The Morgan fingerprint density at radius 3 is 1.47 bits per heavy atom. The Morgan fingerprint density at radius 2 is 1.27 bits per heavy atom. The van der Waals surface area contributed by atoms with E-state index in [1.165, 1.54) is 0 Å². The van der Waals surface area contributed by atoms with Gasteiger partial charge in [0.1, 0.15) is 9.67 Å². The van der Waals surface area contributed by atoms with E-state index in [-0.39, 0.29) is 0 Å². The molecule has 0 fully saturated rings. The van der Waals surface area contributed by atoms with Gasteiger partial charge < -0.3 is 9.79 Å². The van der Waals surface area contributed by atoms with Crippen LogP contribution in [0.1, 0.15) is 12.8 Å². The van der Waals surface area contributed by atoms with Crippen molar-refractivity contribution in [3.8, 4) is 0 Å². The molecule has 0 bridgehead atoms. The molecular formula is C6H12Cl5O2PS. The molecule has 0 heterocycles. The van der Waals surface area contributed by atoms with E-state index in [2.05, 4.69) is 0 Å². The van der Waals surface area contributed by atoms with Crippen molar-refractivity contribution in [2.75, 3.05) is 11.5 Å². The van der Waals surface area contributed by atoms with Crippen LogP contribution in [-0.4, -0.2) is 31.0 Å². The van der Waals surface area contributed by atoms with E-state index in [1.54, 1.807) is 0 Å². The zero-order chi connectivity index (χ0) is 12.1. The summed E-state index contributed by atoms with van der Waals surface area (Å²) in [7, 11) is -0.733. The van der Waals surface area contributed by atoms with Gasteiger partial charge in [0, 0.05) is 0 Å². The molecule has 2 nitrogen and oxygen atoms in total. The van der Waals surface area contributed by atoms with Gasteiger partial charge in [-0.25, -0.2) is 0 Å². The largest absolute Gasteiger partial charge is 0.338 e. The van der Waals surface area contributed by atoms with Crippen LogP contribution in [0.15, 0.2) is 0 Å². The van der Waals surface area contributed by atoms with Gasteiger partial charge in [-0.05, 0) is 35.6 Å². The minimum atomic E-state index is -3.37. The van der Waals surface area contributed by atoms with E-state index in [0.717, 1.165) is 0 Å². The Hall–Kier alpha value is 2.15. The summed E-state index contributed by atoms with van der Waals surface area (Å²) in [5, 5.41) is 0. The lowest BCUT2D eigenvalue weighted by molar-refractivity contribution is 0.499. The maximum Gasteiger partial charge on any atom is 0.235 e. The summed E-state index contributed by atoms with van der Waals surface area (Å²) in [6.45, 7) is 0. The molecule has 0 radical (unpaired) electrons. The van der Waals surface area contributed by atoms with E-state index < -0.39 is 25.6 Å². The van der Waals surface area contributed by atoms with Crippen molar-refractivity contribution >= 4 is 73.6 Å². The molecule has 0 saturated carbocycles. The van der Waals surface area contributed by atoms with Crippen molar-refractivity contribution in [1.29, 1.82) is 0 Å². The van der Waals surface area contributed by atoms with Crippen molar-refractivity contribution in [1.82, 2.24) is 0 Å². The summed E-state index contributed by atoms with van der Waals surface area (Å²) >= 11 is 27.8. The third-order valence-corrected chi connectivity index (χ3v) is 9.24. The molecule has 0 saturated heterocycles. The molecule has 0 aromatic rings. The van der Waals surface area contributed by atoms with Crippen LogP contribution in [0.3, 0.4) is 0 Å². The van der Waals surface area contributed by atoms with Gasteiger partial charge in [-0.1, -0.05) is 0 Å². The Bertz CT molecular complexity index is 219. The van der Waals surface area contributed by atoms with E-state index >= 15 is 0 Å². The highest BCUT2D eigenvalue weighted by molar-refractivity contribution is 8.37. The monoisotopic (exact) mass is 354 g/mol. The summed E-state index contributed by atoms with van der Waals surface area (Å²) in [6.07, 6.45) is 0.939. The fourth-order valence-electron chi connectivity index (χ4n) is 0.785. The topological polar surface area (TPSA) is 40.5 Å². The van der Waals surface area contributed by atoms with Gasteiger partial charge >= 0.3 is 0 Å². The fourth-order valence-corrected chi connectivity index (χ4v) is 6.69. The predicted molar refractivity (Wildman–Crippen MR) is 74.5 cm³/mol.